The third kappa shape index (κ3) is 2.80. The molecule has 0 saturated heterocycles. The Morgan fingerprint density at radius 2 is 1.60 bits per heavy atom. The highest BCUT2D eigenvalue weighted by Gasteiger charge is 2.41. The maximum absolute atomic E-state index is 12.2. The van der Waals surface area contributed by atoms with Crippen molar-refractivity contribution in [2.75, 3.05) is 7.11 Å². The second kappa shape index (κ2) is 6.08. The SMILES string of the molecule is COC(=O)C(O)(c1ccccc1)c1cc(Br)cc(Br)c1. The Kier molecular flexibility index (Phi) is 4.62. The van der Waals surface area contributed by atoms with Crippen molar-refractivity contribution < 1.29 is 14.6 Å². The Morgan fingerprint density at radius 3 is 2.10 bits per heavy atom. The van der Waals surface area contributed by atoms with Crippen molar-refractivity contribution in [3.8, 4) is 0 Å². The minimum Gasteiger partial charge on any atom is -0.466 e. The normalized spacial score (nSPS) is 13.6. The Bertz CT molecular complexity index is 608. The summed E-state index contributed by atoms with van der Waals surface area (Å²) >= 11 is 6.71. The van der Waals surface area contributed by atoms with E-state index in [-0.39, 0.29) is 0 Å². The van der Waals surface area contributed by atoms with Crippen LogP contribution < -0.4 is 0 Å². The minimum absolute atomic E-state index is 0.428. The molecule has 2 aromatic rings. The number of halogens is 2. The summed E-state index contributed by atoms with van der Waals surface area (Å²) in [4.78, 5) is 12.2. The lowest BCUT2D eigenvalue weighted by atomic mass is 9.86. The van der Waals surface area contributed by atoms with Gasteiger partial charge in [0.25, 0.3) is 0 Å². The number of ether oxygens (including phenoxy) is 1. The van der Waals surface area contributed by atoms with E-state index in [0.29, 0.717) is 11.1 Å². The van der Waals surface area contributed by atoms with E-state index in [4.69, 9.17) is 4.74 Å². The first-order valence-electron chi connectivity index (χ1n) is 5.81. The first kappa shape index (κ1) is 15.2. The second-order valence-corrected chi connectivity index (χ2v) is 6.06. The van der Waals surface area contributed by atoms with Gasteiger partial charge < -0.3 is 9.84 Å². The van der Waals surface area contributed by atoms with Crippen molar-refractivity contribution in [3.05, 3.63) is 68.6 Å². The van der Waals surface area contributed by atoms with Gasteiger partial charge in [0.1, 0.15) is 0 Å². The fraction of sp³-hybridized carbons (Fsp3) is 0.133. The van der Waals surface area contributed by atoms with Gasteiger partial charge in [0.05, 0.1) is 7.11 Å². The number of methoxy groups -OCH3 is 1. The molecule has 20 heavy (non-hydrogen) atoms. The number of carbonyl (C=O) groups is 1. The molecule has 3 nitrogen and oxygen atoms in total. The quantitative estimate of drug-likeness (QED) is 0.801. The molecule has 0 saturated carbocycles. The summed E-state index contributed by atoms with van der Waals surface area (Å²) in [6.45, 7) is 0. The maximum atomic E-state index is 12.2. The molecule has 0 bridgehead atoms. The van der Waals surface area contributed by atoms with Gasteiger partial charge in [-0.25, -0.2) is 4.79 Å². The van der Waals surface area contributed by atoms with Gasteiger partial charge in [-0.15, -0.1) is 0 Å². The average Bonchev–Trinajstić information content (AvgIpc) is 2.45. The number of hydrogen-bond acceptors (Lipinski definition) is 3. The third-order valence-electron chi connectivity index (χ3n) is 2.95. The molecule has 0 radical (unpaired) electrons. The minimum atomic E-state index is -1.84. The van der Waals surface area contributed by atoms with E-state index in [9.17, 15) is 9.90 Å². The lowest BCUT2D eigenvalue weighted by Gasteiger charge is -2.26. The Hall–Kier alpha value is -1.17. The van der Waals surface area contributed by atoms with Crippen LogP contribution in [-0.4, -0.2) is 18.2 Å². The van der Waals surface area contributed by atoms with E-state index in [1.807, 2.05) is 12.1 Å². The summed E-state index contributed by atoms with van der Waals surface area (Å²) in [6.07, 6.45) is 0. The highest BCUT2D eigenvalue weighted by molar-refractivity contribution is 9.11. The fourth-order valence-electron chi connectivity index (χ4n) is 1.99. The summed E-state index contributed by atoms with van der Waals surface area (Å²) in [5.41, 5.74) is -0.962. The average molecular weight is 400 g/mol. The van der Waals surface area contributed by atoms with E-state index < -0.39 is 11.6 Å². The van der Waals surface area contributed by atoms with Crippen LogP contribution in [0.2, 0.25) is 0 Å². The molecule has 0 heterocycles. The van der Waals surface area contributed by atoms with Crippen molar-refractivity contribution in [1.29, 1.82) is 0 Å². The third-order valence-corrected chi connectivity index (χ3v) is 3.87. The molecule has 0 aliphatic heterocycles. The predicted octanol–water partition coefficient (Wildman–Crippen LogP) is 3.62. The van der Waals surface area contributed by atoms with E-state index in [2.05, 4.69) is 31.9 Å². The molecule has 1 atom stereocenters. The van der Waals surface area contributed by atoms with Crippen molar-refractivity contribution in [3.63, 3.8) is 0 Å². The summed E-state index contributed by atoms with van der Waals surface area (Å²) in [6, 6.07) is 13.9. The standard InChI is InChI=1S/C15H12Br2O3/c1-20-14(18)15(19,10-5-3-2-4-6-10)11-7-12(16)9-13(17)8-11/h2-9,19H,1H3. The highest BCUT2D eigenvalue weighted by atomic mass is 79.9. The van der Waals surface area contributed by atoms with Crippen molar-refractivity contribution >= 4 is 37.8 Å². The monoisotopic (exact) mass is 398 g/mol. The molecule has 2 rings (SSSR count). The number of carbonyl (C=O) groups excluding carboxylic acids is 1. The Labute approximate surface area is 133 Å². The van der Waals surface area contributed by atoms with Crippen LogP contribution in [0.5, 0.6) is 0 Å². The molecular formula is C15H12Br2O3. The van der Waals surface area contributed by atoms with E-state index >= 15 is 0 Å². The van der Waals surface area contributed by atoms with Gasteiger partial charge in [0, 0.05) is 14.5 Å². The van der Waals surface area contributed by atoms with Gasteiger partial charge in [-0.05, 0) is 23.8 Å². The molecule has 5 heteroatoms. The van der Waals surface area contributed by atoms with Crippen LogP contribution in [-0.2, 0) is 15.1 Å². The van der Waals surface area contributed by atoms with Gasteiger partial charge in [0.15, 0.2) is 0 Å². The fourth-order valence-corrected chi connectivity index (χ4v) is 3.29. The van der Waals surface area contributed by atoms with Crippen LogP contribution in [0, 0.1) is 0 Å². The first-order chi connectivity index (χ1) is 9.48. The first-order valence-corrected chi connectivity index (χ1v) is 7.40. The molecule has 1 unspecified atom stereocenters. The smallest absolute Gasteiger partial charge is 0.347 e. The Morgan fingerprint density at radius 1 is 1.05 bits per heavy atom. The lowest BCUT2D eigenvalue weighted by molar-refractivity contribution is -0.158. The molecular weight excluding hydrogens is 388 g/mol. The van der Waals surface area contributed by atoms with Gasteiger partial charge in [0.2, 0.25) is 5.60 Å². The van der Waals surface area contributed by atoms with Crippen LogP contribution in [0.3, 0.4) is 0 Å². The number of benzene rings is 2. The summed E-state index contributed by atoms with van der Waals surface area (Å²) in [5.74, 6) is -0.728. The lowest BCUT2D eigenvalue weighted by Crippen LogP contribution is -2.38. The number of rotatable bonds is 3. The van der Waals surface area contributed by atoms with Crippen molar-refractivity contribution in [2.45, 2.75) is 5.60 Å². The number of hydrogen-bond donors (Lipinski definition) is 1. The molecule has 1 N–H and O–H groups in total. The van der Waals surface area contributed by atoms with Crippen molar-refractivity contribution in [1.82, 2.24) is 0 Å². The van der Waals surface area contributed by atoms with Crippen molar-refractivity contribution in [2.24, 2.45) is 0 Å². The summed E-state index contributed by atoms with van der Waals surface area (Å²) in [7, 11) is 1.25. The maximum Gasteiger partial charge on any atom is 0.347 e. The van der Waals surface area contributed by atoms with E-state index in [0.717, 1.165) is 8.95 Å². The zero-order valence-corrected chi connectivity index (χ0v) is 13.8. The van der Waals surface area contributed by atoms with Crippen LogP contribution in [0.25, 0.3) is 0 Å². The molecule has 0 fully saturated rings. The molecule has 104 valence electrons. The molecule has 0 aliphatic carbocycles. The predicted molar refractivity (Wildman–Crippen MR) is 83.3 cm³/mol. The topological polar surface area (TPSA) is 46.5 Å². The number of aliphatic hydroxyl groups is 1. The molecule has 0 spiro atoms. The van der Waals surface area contributed by atoms with E-state index in [1.54, 1.807) is 36.4 Å². The molecule has 0 aliphatic rings. The van der Waals surface area contributed by atoms with Gasteiger partial charge >= 0.3 is 5.97 Å². The Balaban J connectivity index is 2.67. The molecule has 0 aromatic heterocycles. The zero-order valence-electron chi connectivity index (χ0n) is 10.6. The molecule has 2 aromatic carbocycles. The van der Waals surface area contributed by atoms with Gasteiger partial charge in [-0.1, -0.05) is 62.2 Å². The zero-order chi connectivity index (χ0) is 14.8. The largest absolute Gasteiger partial charge is 0.466 e. The summed E-state index contributed by atoms with van der Waals surface area (Å²) in [5, 5.41) is 11.0. The van der Waals surface area contributed by atoms with Crippen LogP contribution in [0.1, 0.15) is 11.1 Å². The number of esters is 1. The molecule has 0 amide bonds. The van der Waals surface area contributed by atoms with Crippen LogP contribution in [0.4, 0.5) is 0 Å². The van der Waals surface area contributed by atoms with Crippen LogP contribution >= 0.6 is 31.9 Å². The van der Waals surface area contributed by atoms with Gasteiger partial charge in [-0.2, -0.15) is 0 Å². The highest BCUT2D eigenvalue weighted by Crippen LogP contribution is 2.34. The van der Waals surface area contributed by atoms with Crippen LogP contribution in [0.15, 0.2) is 57.5 Å². The van der Waals surface area contributed by atoms with E-state index in [1.165, 1.54) is 7.11 Å². The van der Waals surface area contributed by atoms with Gasteiger partial charge in [-0.3, -0.25) is 0 Å². The second-order valence-electron chi connectivity index (χ2n) is 4.23. The summed E-state index contributed by atoms with van der Waals surface area (Å²) < 4.78 is 6.28.